The zero-order valence-electron chi connectivity index (χ0n) is 32.7. The van der Waals surface area contributed by atoms with Crippen molar-refractivity contribution >= 4 is 68.7 Å². The number of carbonyl (C=O) groups excluding carboxylic acids is 6. The van der Waals surface area contributed by atoms with Crippen molar-refractivity contribution in [3.63, 3.8) is 0 Å². The van der Waals surface area contributed by atoms with Crippen LogP contribution in [0, 0.1) is 0 Å². The molecule has 0 fully saturated rings. The Balaban J connectivity index is 1.25. The van der Waals surface area contributed by atoms with E-state index in [4.69, 9.17) is 37.9 Å². The predicted molar refractivity (Wildman–Crippen MR) is 224 cm³/mol. The summed E-state index contributed by atoms with van der Waals surface area (Å²) >= 11 is 1.38. The standard InChI is InChI=1S/C44H37N3O14S/c1-4-38(48)54-22-21-41(51)59-34(26-56-39(49)5-2)25-55-31-15-11-29(12-16-31)43(53)61-36-20-19-33(23-30(36)24-45-47-44-46-35-9-7-8-10-37(35)62-44)60-42(52)28-13-17-32(18-14-28)57-27-58-40(50)6-3/h4-20,23-24,34H,1-3,21-22,25-27H2,(H,46,47)/b45-24+. The van der Waals surface area contributed by atoms with Crippen LogP contribution < -0.4 is 24.4 Å². The summed E-state index contributed by atoms with van der Waals surface area (Å²) in [6, 6.07) is 23.6. The van der Waals surface area contributed by atoms with Crippen molar-refractivity contribution in [2.24, 2.45) is 5.10 Å². The summed E-state index contributed by atoms with van der Waals surface area (Å²) in [5.41, 5.74) is 4.23. The molecule has 1 unspecified atom stereocenters. The third-order valence-electron chi connectivity index (χ3n) is 7.85. The molecule has 1 aromatic heterocycles. The summed E-state index contributed by atoms with van der Waals surface area (Å²) in [5, 5.41) is 4.79. The van der Waals surface area contributed by atoms with E-state index in [1.807, 2.05) is 24.3 Å². The minimum atomic E-state index is -1.04. The minimum Gasteiger partial charge on any atom is -0.490 e. The van der Waals surface area contributed by atoms with Crippen LogP contribution in [0.4, 0.5) is 5.13 Å². The number of hydrogen-bond acceptors (Lipinski definition) is 18. The third-order valence-corrected chi connectivity index (χ3v) is 8.80. The zero-order valence-corrected chi connectivity index (χ0v) is 33.5. The van der Waals surface area contributed by atoms with Crippen LogP contribution >= 0.6 is 11.3 Å². The van der Waals surface area contributed by atoms with E-state index in [0.717, 1.165) is 28.4 Å². The third kappa shape index (κ3) is 14.0. The normalized spacial score (nSPS) is 11.0. The van der Waals surface area contributed by atoms with Crippen molar-refractivity contribution in [3.8, 4) is 23.0 Å². The molecule has 0 bridgehead atoms. The summed E-state index contributed by atoms with van der Waals surface area (Å²) in [5.74, 6) is -3.51. The minimum absolute atomic E-state index is 0.0709. The quantitative estimate of drug-likeness (QED) is 0.0152. The number of anilines is 1. The van der Waals surface area contributed by atoms with E-state index < -0.39 is 41.9 Å². The second-order valence-corrected chi connectivity index (χ2v) is 13.2. The van der Waals surface area contributed by atoms with Crippen molar-refractivity contribution in [1.29, 1.82) is 0 Å². The average Bonchev–Trinajstić information content (AvgIpc) is 3.71. The van der Waals surface area contributed by atoms with Gasteiger partial charge in [-0.15, -0.1) is 0 Å². The first-order valence-electron chi connectivity index (χ1n) is 18.3. The smallest absolute Gasteiger partial charge is 0.343 e. The van der Waals surface area contributed by atoms with Crippen LogP contribution in [0.5, 0.6) is 23.0 Å². The van der Waals surface area contributed by atoms with Crippen LogP contribution in [-0.4, -0.2) is 79.7 Å². The maximum absolute atomic E-state index is 13.4. The Labute approximate surface area is 357 Å². The first-order valence-corrected chi connectivity index (χ1v) is 19.1. The van der Waals surface area contributed by atoms with Crippen molar-refractivity contribution in [1.82, 2.24) is 4.98 Å². The van der Waals surface area contributed by atoms with Gasteiger partial charge in [0.05, 0.1) is 34.0 Å². The van der Waals surface area contributed by atoms with Crippen molar-refractivity contribution in [2.75, 3.05) is 32.0 Å². The van der Waals surface area contributed by atoms with E-state index in [1.165, 1.54) is 84.3 Å². The van der Waals surface area contributed by atoms with E-state index in [1.54, 1.807) is 0 Å². The topological polar surface area (TPSA) is 214 Å². The molecule has 0 aliphatic carbocycles. The highest BCUT2D eigenvalue weighted by molar-refractivity contribution is 7.22. The van der Waals surface area contributed by atoms with E-state index in [2.05, 4.69) is 35.2 Å². The molecule has 0 saturated heterocycles. The van der Waals surface area contributed by atoms with Gasteiger partial charge in [-0.3, -0.25) is 10.2 Å². The number of hydrogen-bond donors (Lipinski definition) is 1. The molecule has 0 radical (unpaired) electrons. The number of hydrazone groups is 1. The number of fused-ring (bicyclic) bond motifs is 1. The molecule has 1 heterocycles. The molecule has 17 nitrogen and oxygen atoms in total. The lowest BCUT2D eigenvalue weighted by atomic mass is 10.2. The number of nitrogens with zero attached hydrogens (tertiary/aromatic N) is 2. The number of benzene rings is 4. The second kappa shape index (κ2) is 22.9. The van der Waals surface area contributed by atoms with E-state index in [0.29, 0.717) is 10.9 Å². The van der Waals surface area contributed by atoms with Gasteiger partial charge in [0.2, 0.25) is 11.9 Å². The number of carbonyl (C=O) groups is 6. The molecule has 318 valence electrons. The van der Waals surface area contributed by atoms with Crippen LogP contribution in [0.3, 0.4) is 0 Å². The monoisotopic (exact) mass is 863 g/mol. The number of aromatic nitrogens is 1. The Bertz CT molecular complexity index is 2430. The lowest BCUT2D eigenvalue weighted by molar-refractivity contribution is -0.160. The molecular weight excluding hydrogens is 827 g/mol. The Hall–Kier alpha value is -8.12. The number of thiazole rings is 1. The number of ether oxygens (including phenoxy) is 8. The van der Waals surface area contributed by atoms with Crippen LogP contribution in [0.1, 0.15) is 32.7 Å². The van der Waals surface area contributed by atoms with Crippen LogP contribution in [0.25, 0.3) is 10.2 Å². The Morgan fingerprint density at radius 1 is 0.694 bits per heavy atom. The van der Waals surface area contributed by atoms with Gasteiger partial charge in [-0.25, -0.2) is 29.0 Å². The number of esters is 6. The van der Waals surface area contributed by atoms with Gasteiger partial charge in [-0.1, -0.05) is 43.2 Å². The summed E-state index contributed by atoms with van der Waals surface area (Å²) in [4.78, 5) is 77.4. The summed E-state index contributed by atoms with van der Waals surface area (Å²) < 4.78 is 43.3. The van der Waals surface area contributed by atoms with Gasteiger partial charge in [0.25, 0.3) is 0 Å². The number of rotatable bonds is 22. The first-order chi connectivity index (χ1) is 30.0. The van der Waals surface area contributed by atoms with Crippen LogP contribution in [0.15, 0.2) is 134 Å². The highest BCUT2D eigenvalue weighted by Gasteiger charge is 2.19. The molecule has 0 aliphatic heterocycles. The molecule has 62 heavy (non-hydrogen) atoms. The number of nitrogens with one attached hydrogen (secondary N) is 1. The summed E-state index contributed by atoms with van der Waals surface area (Å²) in [6.45, 7) is 8.72. The molecule has 18 heteroatoms. The highest BCUT2D eigenvalue weighted by Crippen LogP contribution is 2.28. The van der Waals surface area contributed by atoms with Gasteiger partial charge in [0.1, 0.15) is 42.8 Å². The second-order valence-electron chi connectivity index (χ2n) is 12.2. The molecule has 5 aromatic rings. The lowest BCUT2D eigenvalue weighted by Crippen LogP contribution is -2.31. The molecule has 0 spiro atoms. The molecule has 5 rings (SSSR count). The molecule has 0 saturated carbocycles. The Morgan fingerprint density at radius 3 is 1.98 bits per heavy atom. The molecule has 4 aromatic carbocycles. The van der Waals surface area contributed by atoms with Gasteiger partial charge in [0.15, 0.2) is 6.10 Å². The van der Waals surface area contributed by atoms with Crippen molar-refractivity contribution in [3.05, 3.63) is 146 Å². The van der Waals surface area contributed by atoms with E-state index in [9.17, 15) is 28.8 Å². The summed E-state index contributed by atoms with van der Waals surface area (Å²) in [7, 11) is 0. The van der Waals surface area contributed by atoms with Crippen LogP contribution in [0.2, 0.25) is 0 Å². The van der Waals surface area contributed by atoms with E-state index >= 15 is 0 Å². The molecule has 1 atom stereocenters. The lowest BCUT2D eigenvalue weighted by Gasteiger charge is -2.18. The van der Waals surface area contributed by atoms with E-state index in [-0.39, 0.29) is 67.0 Å². The molecule has 1 N–H and O–H groups in total. The SMILES string of the molecule is C=CC(=O)OCCC(=O)OC(COC(=O)C=C)COc1ccc(C(=O)Oc2ccc(OC(=O)c3ccc(OCOC(=O)C=C)cc3)cc2/C=N/Nc2nc3ccccc3s2)cc1. The maximum atomic E-state index is 13.4. The fourth-order valence-corrected chi connectivity index (χ4v) is 5.67. The maximum Gasteiger partial charge on any atom is 0.343 e. The van der Waals surface area contributed by atoms with Crippen molar-refractivity contribution < 1.29 is 66.7 Å². The summed E-state index contributed by atoms with van der Waals surface area (Å²) in [6.07, 6.45) is 2.96. The fraction of sp³-hybridized carbons (Fsp3) is 0.136. The zero-order chi connectivity index (χ0) is 44.3. The van der Waals surface area contributed by atoms with Gasteiger partial charge in [-0.2, -0.15) is 5.10 Å². The molecule has 0 aliphatic rings. The van der Waals surface area contributed by atoms with Gasteiger partial charge >= 0.3 is 35.8 Å². The molecular formula is C44H37N3O14S. The predicted octanol–water partition coefficient (Wildman–Crippen LogP) is 6.39. The Morgan fingerprint density at radius 2 is 1.31 bits per heavy atom. The highest BCUT2D eigenvalue weighted by atomic mass is 32.1. The average molecular weight is 864 g/mol. The largest absolute Gasteiger partial charge is 0.490 e. The fourth-order valence-electron chi connectivity index (χ4n) is 4.85. The van der Waals surface area contributed by atoms with Crippen LogP contribution in [-0.2, 0) is 38.1 Å². The first kappa shape index (κ1) is 45.0. The van der Waals surface area contributed by atoms with Gasteiger partial charge in [-0.05, 0) is 78.9 Å². The van der Waals surface area contributed by atoms with Crippen molar-refractivity contribution in [2.45, 2.75) is 12.5 Å². The Kier molecular flexibility index (Phi) is 16.6. The van der Waals surface area contributed by atoms with Gasteiger partial charge < -0.3 is 37.9 Å². The molecule has 0 amide bonds. The number of para-hydroxylation sites is 1. The van der Waals surface area contributed by atoms with Gasteiger partial charge in [0, 0.05) is 23.8 Å².